The van der Waals surface area contributed by atoms with Crippen molar-refractivity contribution >= 4 is 17.5 Å². The third-order valence-electron chi connectivity index (χ3n) is 4.50. The number of benzene rings is 1. The van der Waals surface area contributed by atoms with Gasteiger partial charge in [-0.05, 0) is 42.1 Å². The summed E-state index contributed by atoms with van der Waals surface area (Å²) in [4.78, 5) is 18.8. The van der Waals surface area contributed by atoms with Crippen molar-refractivity contribution in [3.05, 3.63) is 53.3 Å². The standard InChI is InChI=1S/C18H20ClN3O/c1-18(11-20)6-7-22(12-18)17(23)15-8-14(9-21-10-15)13-2-4-16(19)5-3-13/h2-5,8-10H,6-7,11-12,20H2,1H3. The summed E-state index contributed by atoms with van der Waals surface area (Å²) in [6.45, 7) is 4.17. The van der Waals surface area contributed by atoms with Crippen LogP contribution in [0.3, 0.4) is 0 Å². The van der Waals surface area contributed by atoms with Crippen LogP contribution in [0.5, 0.6) is 0 Å². The molecule has 0 radical (unpaired) electrons. The molecule has 2 aromatic rings. The van der Waals surface area contributed by atoms with E-state index < -0.39 is 0 Å². The zero-order valence-corrected chi connectivity index (χ0v) is 13.9. The van der Waals surface area contributed by atoms with Crippen LogP contribution in [0.4, 0.5) is 0 Å². The van der Waals surface area contributed by atoms with Crippen LogP contribution in [-0.2, 0) is 0 Å². The van der Waals surface area contributed by atoms with Crippen molar-refractivity contribution in [2.24, 2.45) is 11.1 Å². The van der Waals surface area contributed by atoms with E-state index in [1.807, 2.05) is 35.2 Å². The Balaban J connectivity index is 1.82. The number of carbonyl (C=O) groups is 1. The summed E-state index contributed by atoms with van der Waals surface area (Å²) in [5.74, 6) is 0.0190. The molecular formula is C18H20ClN3O. The summed E-state index contributed by atoms with van der Waals surface area (Å²) in [6.07, 6.45) is 4.33. The van der Waals surface area contributed by atoms with Crippen molar-refractivity contribution in [2.45, 2.75) is 13.3 Å². The minimum absolute atomic E-state index is 0.0190. The minimum Gasteiger partial charge on any atom is -0.338 e. The van der Waals surface area contributed by atoms with Crippen LogP contribution in [0.25, 0.3) is 11.1 Å². The number of hydrogen-bond donors (Lipinski definition) is 1. The fourth-order valence-corrected chi connectivity index (χ4v) is 3.03. The molecule has 0 aliphatic carbocycles. The minimum atomic E-state index is 0.0190. The van der Waals surface area contributed by atoms with Crippen molar-refractivity contribution in [1.29, 1.82) is 0 Å². The van der Waals surface area contributed by atoms with Gasteiger partial charge in [-0.2, -0.15) is 0 Å². The first-order chi connectivity index (χ1) is 11.0. The lowest BCUT2D eigenvalue weighted by Crippen LogP contribution is -2.34. The van der Waals surface area contributed by atoms with E-state index in [9.17, 15) is 4.79 Å². The summed E-state index contributed by atoms with van der Waals surface area (Å²) in [7, 11) is 0. The molecular weight excluding hydrogens is 310 g/mol. The molecule has 0 saturated carbocycles. The van der Waals surface area contributed by atoms with E-state index in [2.05, 4.69) is 11.9 Å². The lowest BCUT2D eigenvalue weighted by atomic mass is 9.90. The molecule has 2 N–H and O–H groups in total. The fraction of sp³-hybridized carbons (Fsp3) is 0.333. The van der Waals surface area contributed by atoms with Gasteiger partial charge in [0, 0.05) is 36.1 Å². The van der Waals surface area contributed by atoms with Crippen molar-refractivity contribution in [2.75, 3.05) is 19.6 Å². The Bertz CT molecular complexity index is 716. The molecule has 1 saturated heterocycles. The van der Waals surface area contributed by atoms with Gasteiger partial charge in [0.15, 0.2) is 0 Å². The zero-order chi connectivity index (χ0) is 16.4. The number of carbonyl (C=O) groups excluding carboxylic acids is 1. The lowest BCUT2D eigenvalue weighted by Gasteiger charge is -2.22. The fourth-order valence-electron chi connectivity index (χ4n) is 2.90. The molecule has 1 aliphatic rings. The molecule has 1 amide bonds. The van der Waals surface area contributed by atoms with Crippen molar-refractivity contribution in [3.8, 4) is 11.1 Å². The normalized spacial score (nSPS) is 20.7. The van der Waals surface area contributed by atoms with E-state index in [1.54, 1.807) is 12.4 Å². The van der Waals surface area contributed by atoms with E-state index in [1.165, 1.54) is 0 Å². The van der Waals surface area contributed by atoms with Crippen molar-refractivity contribution in [1.82, 2.24) is 9.88 Å². The van der Waals surface area contributed by atoms with E-state index >= 15 is 0 Å². The van der Waals surface area contributed by atoms with Crippen LogP contribution in [0, 0.1) is 5.41 Å². The second-order valence-corrected chi connectivity index (χ2v) is 6.90. The van der Waals surface area contributed by atoms with Gasteiger partial charge in [-0.1, -0.05) is 30.7 Å². The highest BCUT2D eigenvalue weighted by atomic mass is 35.5. The number of aromatic nitrogens is 1. The number of likely N-dealkylation sites (tertiary alicyclic amines) is 1. The monoisotopic (exact) mass is 329 g/mol. The zero-order valence-electron chi connectivity index (χ0n) is 13.1. The molecule has 1 aromatic carbocycles. The molecule has 1 unspecified atom stereocenters. The third-order valence-corrected chi connectivity index (χ3v) is 4.75. The molecule has 4 nitrogen and oxygen atoms in total. The van der Waals surface area contributed by atoms with Crippen molar-refractivity contribution in [3.63, 3.8) is 0 Å². The molecule has 3 rings (SSSR count). The van der Waals surface area contributed by atoms with Crippen LogP contribution in [0.1, 0.15) is 23.7 Å². The summed E-state index contributed by atoms with van der Waals surface area (Å²) in [6, 6.07) is 9.40. The van der Waals surface area contributed by atoms with Gasteiger partial charge < -0.3 is 10.6 Å². The molecule has 1 atom stereocenters. The van der Waals surface area contributed by atoms with E-state index in [0.29, 0.717) is 23.7 Å². The summed E-state index contributed by atoms with van der Waals surface area (Å²) in [5, 5.41) is 0.687. The highest BCUT2D eigenvalue weighted by Crippen LogP contribution is 2.30. The molecule has 0 spiro atoms. The Morgan fingerprint density at radius 1 is 1.30 bits per heavy atom. The van der Waals surface area contributed by atoms with Gasteiger partial charge in [0.05, 0.1) is 5.56 Å². The predicted octanol–water partition coefficient (Wildman–Crippen LogP) is 3.21. The maximum Gasteiger partial charge on any atom is 0.255 e. The van der Waals surface area contributed by atoms with Crippen LogP contribution in [0.15, 0.2) is 42.7 Å². The predicted molar refractivity (Wildman–Crippen MR) is 92.4 cm³/mol. The molecule has 1 aromatic heterocycles. The topological polar surface area (TPSA) is 59.2 Å². The number of pyridine rings is 1. The van der Waals surface area contributed by atoms with Crippen LogP contribution < -0.4 is 5.73 Å². The first-order valence-corrected chi connectivity index (χ1v) is 8.09. The number of halogens is 1. The Hall–Kier alpha value is -1.91. The second kappa shape index (κ2) is 6.30. The molecule has 120 valence electrons. The Morgan fingerprint density at radius 2 is 2.04 bits per heavy atom. The quantitative estimate of drug-likeness (QED) is 0.940. The second-order valence-electron chi connectivity index (χ2n) is 6.46. The number of amides is 1. The molecule has 5 heteroatoms. The molecule has 0 bridgehead atoms. The van der Waals surface area contributed by atoms with Gasteiger partial charge in [-0.25, -0.2) is 0 Å². The number of rotatable bonds is 3. The van der Waals surface area contributed by atoms with Crippen LogP contribution >= 0.6 is 11.6 Å². The first-order valence-electron chi connectivity index (χ1n) is 7.71. The number of nitrogens with zero attached hydrogens (tertiary/aromatic N) is 2. The van der Waals surface area contributed by atoms with Crippen LogP contribution in [0.2, 0.25) is 5.02 Å². The van der Waals surface area contributed by atoms with Gasteiger partial charge in [0.2, 0.25) is 0 Å². The van der Waals surface area contributed by atoms with Crippen molar-refractivity contribution < 1.29 is 4.79 Å². The SMILES string of the molecule is CC1(CN)CCN(C(=O)c2cncc(-c3ccc(Cl)cc3)c2)C1. The average Bonchev–Trinajstić information content (AvgIpc) is 2.98. The van der Waals surface area contributed by atoms with Gasteiger partial charge in [-0.3, -0.25) is 9.78 Å². The number of nitrogens with two attached hydrogens (primary N) is 1. The smallest absolute Gasteiger partial charge is 0.255 e. The average molecular weight is 330 g/mol. The molecule has 23 heavy (non-hydrogen) atoms. The highest BCUT2D eigenvalue weighted by molar-refractivity contribution is 6.30. The van der Waals surface area contributed by atoms with E-state index in [0.717, 1.165) is 24.1 Å². The summed E-state index contributed by atoms with van der Waals surface area (Å²) >= 11 is 5.92. The third kappa shape index (κ3) is 3.38. The Kier molecular flexibility index (Phi) is 4.37. The maximum absolute atomic E-state index is 12.7. The van der Waals surface area contributed by atoms with Crippen LogP contribution in [-0.4, -0.2) is 35.4 Å². The molecule has 1 aliphatic heterocycles. The van der Waals surface area contributed by atoms with E-state index in [4.69, 9.17) is 17.3 Å². The van der Waals surface area contributed by atoms with Gasteiger partial charge in [0.25, 0.3) is 5.91 Å². The summed E-state index contributed by atoms with van der Waals surface area (Å²) in [5.41, 5.74) is 8.36. The van der Waals surface area contributed by atoms with E-state index in [-0.39, 0.29) is 11.3 Å². The number of hydrogen-bond acceptors (Lipinski definition) is 3. The highest BCUT2D eigenvalue weighted by Gasteiger charge is 2.35. The maximum atomic E-state index is 12.7. The van der Waals surface area contributed by atoms with Gasteiger partial charge in [0.1, 0.15) is 0 Å². The Labute approximate surface area is 141 Å². The molecule has 1 fully saturated rings. The lowest BCUT2D eigenvalue weighted by molar-refractivity contribution is 0.0776. The Morgan fingerprint density at radius 3 is 2.70 bits per heavy atom. The molecule has 2 heterocycles. The van der Waals surface area contributed by atoms with Gasteiger partial charge in [-0.15, -0.1) is 0 Å². The van der Waals surface area contributed by atoms with Gasteiger partial charge >= 0.3 is 0 Å². The summed E-state index contributed by atoms with van der Waals surface area (Å²) < 4.78 is 0. The largest absolute Gasteiger partial charge is 0.338 e. The first kappa shape index (κ1) is 16.0.